The van der Waals surface area contributed by atoms with E-state index in [1.807, 2.05) is 30.3 Å². The molecule has 2 aromatic rings. The Balaban J connectivity index is 1.80. The quantitative estimate of drug-likeness (QED) is 0.774. The third kappa shape index (κ3) is 3.59. The summed E-state index contributed by atoms with van der Waals surface area (Å²) in [6.45, 7) is 1.99. The van der Waals surface area contributed by atoms with E-state index in [9.17, 15) is 14.4 Å². The van der Waals surface area contributed by atoms with Gasteiger partial charge in [-0.2, -0.15) is 0 Å². The predicted molar refractivity (Wildman–Crippen MR) is 97.2 cm³/mol. The number of aldehydes is 1. The fourth-order valence-electron chi connectivity index (χ4n) is 2.86. The number of rotatable bonds is 5. The van der Waals surface area contributed by atoms with Crippen LogP contribution in [0, 0.1) is 0 Å². The number of carbonyl (C=O) groups excluding carboxylic acids is 3. The monoisotopic (exact) mass is 352 g/mol. The van der Waals surface area contributed by atoms with E-state index in [2.05, 4.69) is 0 Å². The zero-order valence-electron chi connectivity index (χ0n) is 14.7. The van der Waals surface area contributed by atoms with Gasteiger partial charge in [0.1, 0.15) is 18.6 Å². The summed E-state index contributed by atoms with van der Waals surface area (Å²) in [6, 6.07) is 14.5. The van der Waals surface area contributed by atoms with Crippen molar-refractivity contribution in [2.75, 3.05) is 18.5 Å². The predicted octanol–water partition coefficient (Wildman–Crippen LogP) is 2.27. The van der Waals surface area contributed by atoms with Crippen molar-refractivity contribution in [2.45, 2.75) is 19.6 Å². The van der Waals surface area contributed by atoms with Crippen LogP contribution in [0.3, 0.4) is 0 Å². The van der Waals surface area contributed by atoms with Crippen LogP contribution < -0.4 is 9.64 Å². The lowest BCUT2D eigenvalue weighted by Gasteiger charge is -2.33. The number of carbonyl (C=O) groups is 3. The van der Waals surface area contributed by atoms with Crippen LogP contribution in [0.5, 0.6) is 5.75 Å². The van der Waals surface area contributed by atoms with Gasteiger partial charge in [0.2, 0.25) is 5.91 Å². The van der Waals surface area contributed by atoms with Crippen molar-refractivity contribution in [3.05, 3.63) is 59.7 Å². The van der Waals surface area contributed by atoms with Crippen molar-refractivity contribution in [1.82, 2.24) is 4.90 Å². The minimum atomic E-state index is -0.684. The maximum absolute atomic E-state index is 12.7. The fraction of sp³-hybridized carbons (Fsp3) is 0.250. The highest BCUT2D eigenvalue weighted by Crippen LogP contribution is 2.34. The molecule has 1 aliphatic heterocycles. The van der Waals surface area contributed by atoms with E-state index in [1.165, 1.54) is 4.90 Å². The summed E-state index contributed by atoms with van der Waals surface area (Å²) in [6.07, 6.45) is 0.0152. The largest absolute Gasteiger partial charge is 0.479 e. The summed E-state index contributed by atoms with van der Waals surface area (Å²) in [4.78, 5) is 39.2. The summed E-state index contributed by atoms with van der Waals surface area (Å²) < 4.78 is 5.58. The van der Waals surface area contributed by atoms with E-state index < -0.39 is 6.10 Å². The Kier molecular flexibility index (Phi) is 5.02. The lowest BCUT2D eigenvalue weighted by molar-refractivity contribution is -0.132. The van der Waals surface area contributed by atoms with Gasteiger partial charge in [0.15, 0.2) is 6.10 Å². The number of anilines is 1. The molecule has 0 aromatic heterocycles. The molecule has 0 fully saturated rings. The van der Waals surface area contributed by atoms with Gasteiger partial charge in [0, 0.05) is 19.2 Å². The molecule has 2 aromatic carbocycles. The lowest BCUT2D eigenvalue weighted by atomic mass is 10.1. The van der Waals surface area contributed by atoms with Crippen molar-refractivity contribution >= 4 is 23.8 Å². The lowest BCUT2D eigenvalue weighted by Crippen LogP contribution is -2.49. The third-order valence-electron chi connectivity index (χ3n) is 4.31. The van der Waals surface area contributed by atoms with Crippen LogP contribution in [0.25, 0.3) is 0 Å². The second-order valence-corrected chi connectivity index (χ2v) is 6.26. The minimum Gasteiger partial charge on any atom is -0.479 e. The summed E-state index contributed by atoms with van der Waals surface area (Å²) in [5.74, 6) is -0.0121. The Morgan fingerprint density at radius 1 is 1.23 bits per heavy atom. The molecule has 0 aliphatic carbocycles. The Morgan fingerprint density at radius 3 is 2.65 bits per heavy atom. The molecular formula is C20H20N2O4. The molecule has 0 saturated carbocycles. The molecule has 2 amide bonds. The Morgan fingerprint density at radius 2 is 1.96 bits per heavy atom. The molecule has 134 valence electrons. The van der Waals surface area contributed by atoms with Gasteiger partial charge in [-0.25, -0.2) is 0 Å². The van der Waals surface area contributed by atoms with E-state index in [1.54, 1.807) is 37.1 Å². The number of nitrogens with zero attached hydrogens (tertiary/aromatic N) is 2. The smallest absolute Gasteiger partial charge is 0.268 e. The summed E-state index contributed by atoms with van der Waals surface area (Å²) >= 11 is 0. The average molecular weight is 352 g/mol. The number of ether oxygens (including phenoxy) is 1. The van der Waals surface area contributed by atoms with Crippen LogP contribution in [0.15, 0.2) is 48.5 Å². The SMILES string of the molecule is CC1Oc2ccc(C=O)cc2N(CC(=O)N(C)Cc2ccccc2)C1=O. The van der Waals surface area contributed by atoms with Crippen molar-refractivity contribution in [1.29, 1.82) is 0 Å². The highest BCUT2D eigenvalue weighted by atomic mass is 16.5. The van der Waals surface area contributed by atoms with Crippen LogP contribution in [-0.2, 0) is 16.1 Å². The Bertz CT molecular complexity index is 835. The van der Waals surface area contributed by atoms with Gasteiger partial charge in [-0.05, 0) is 30.7 Å². The first-order chi connectivity index (χ1) is 12.5. The second kappa shape index (κ2) is 7.39. The molecule has 0 saturated heterocycles. The van der Waals surface area contributed by atoms with Crippen LogP contribution in [-0.4, -0.2) is 42.7 Å². The summed E-state index contributed by atoms with van der Waals surface area (Å²) in [5, 5.41) is 0. The number of hydrogen-bond acceptors (Lipinski definition) is 4. The molecule has 26 heavy (non-hydrogen) atoms. The maximum Gasteiger partial charge on any atom is 0.268 e. The van der Waals surface area contributed by atoms with Crippen LogP contribution >= 0.6 is 0 Å². The topological polar surface area (TPSA) is 66.9 Å². The van der Waals surface area contributed by atoms with Gasteiger partial charge in [-0.15, -0.1) is 0 Å². The molecule has 6 heteroatoms. The van der Waals surface area contributed by atoms with Gasteiger partial charge in [-0.1, -0.05) is 30.3 Å². The molecule has 0 spiro atoms. The van der Waals surface area contributed by atoms with E-state index >= 15 is 0 Å². The molecule has 1 atom stereocenters. The third-order valence-corrected chi connectivity index (χ3v) is 4.31. The molecule has 1 unspecified atom stereocenters. The number of benzene rings is 2. The number of likely N-dealkylation sites (N-methyl/N-ethyl adjacent to an activating group) is 1. The first-order valence-electron chi connectivity index (χ1n) is 8.34. The summed E-state index contributed by atoms with van der Waals surface area (Å²) in [5.41, 5.74) is 1.87. The number of fused-ring (bicyclic) bond motifs is 1. The van der Waals surface area contributed by atoms with Gasteiger partial charge in [0.05, 0.1) is 5.69 Å². The highest BCUT2D eigenvalue weighted by molar-refractivity contribution is 6.04. The Hall–Kier alpha value is -3.15. The fourth-order valence-corrected chi connectivity index (χ4v) is 2.86. The van der Waals surface area contributed by atoms with Gasteiger partial charge in [-0.3, -0.25) is 19.3 Å². The van der Waals surface area contributed by atoms with Crippen LogP contribution in [0.2, 0.25) is 0 Å². The van der Waals surface area contributed by atoms with Crippen molar-refractivity contribution in [3.8, 4) is 5.75 Å². The van der Waals surface area contributed by atoms with E-state index in [4.69, 9.17) is 4.74 Å². The molecule has 0 bridgehead atoms. The van der Waals surface area contributed by atoms with Gasteiger partial charge < -0.3 is 9.64 Å². The molecule has 3 rings (SSSR count). The van der Waals surface area contributed by atoms with Crippen molar-refractivity contribution in [3.63, 3.8) is 0 Å². The normalized spacial score (nSPS) is 15.8. The summed E-state index contributed by atoms with van der Waals surface area (Å²) in [7, 11) is 1.70. The van der Waals surface area contributed by atoms with Crippen molar-refractivity contribution < 1.29 is 19.1 Å². The molecule has 0 radical (unpaired) electrons. The standard InChI is InChI=1S/C20H20N2O4/c1-14-20(25)22(17-10-16(13-23)8-9-18(17)26-14)12-19(24)21(2)11-15-6-4-3-5-7-15/h3-10,13-14H,11-12H2,1-2H3. The molecule has 1 heterocycles. The minimum absolute atomic E-state index is 0.106. The molecular weight excluding hydrogens is 332 g/mol. The number of amides is 2. The average Bonchev–Trinajstić information content (AvgIpc) is 2.65. The molecule has 6 nitrogen and oxygen atoms in total. The van der Waals surface area contributed by atoms with E-state index in [-0.39, 0.29) is 18.4 Å². The van der Waals surface area contributed by atoms with Crippen LogP contribution in [0.1, 0.15) is 22.8 Å². The second-order valence-electron chi connectivity index (χ2n) is 6.26. The van der Waals surface area contributed by atoms with Gasteiger partial charge >= 0.3 is 0 Å². The number of hydrogen-bond donors (Lipinski definition) is 0. The van der Waals surface area contributed by atoms with Crippen molar-refractivity contribution in [2.24, 2.45) is 0 Å². The van der Waals surface area contributed by atoms with E-state index in [0.717, 1.165) is 5.56 Å². The maximum atomic E-state index is 12.7. The van der Waals surface area contributed by atoms with Crippen LogP contribution in [0.4, 0.5) is 5.69 Å². The molecule has 1 aliphatic rings. The highest BCUT2D eigenvalue weighted by Gasteiger charge is 2.33. The first kappa shape index (κ1) is 17.7. The Labute approximate surface area is 152 Å². The zero-order valence-corrected chi connectivity index (χ0v) is 14.7. The molecule has 0 N–H and O–H groups in total. The van der Waals surface area contributed by atoms with Gasteiger partial charge in [0.25, 0.3) is 5.91 Å². The first-order valence-corrected chi connectivity index (χ1v) is 8.34. The van der Waals surface area contributed by atoms with E-state index in [0.29, 0.717) is 29.8 Å². The zero-order chi connectivity index (χ0) is 18.7.